The molecule has 1 aliphatic heterocycles. The summed E-state index contributed by atoms with van der Waals surface area (Å²) in [6.07, 6.45) is -3.19. The Morgan fingerprint density at radius 1 is 0.962 bits per heavy atom. The highest BCUT2D eigenvalue weighted by Crippen LogP contribution is 2.25. The summed E-state index contributed by atoms with van der Waals surface area (Å²) in [4.78, 5) is 24.3. The highest BCUT2D eigenvalue weighted by Gasteiger charge is 2.44. The Bertz CT molecular complexity index is 745. The van der Waals surface area contributed by atoms with E-state index in [0.717, 1.165) is 0 Å². The fourth-order valence-corrected chi connectivity index (χ4v) is 2.78. The molecule has 1 aliphatic rings. The van der Waals surface area contributed by atoms with Crippen LogP contribution in [0.5, 0.6) is 0 Å². The van der Waals surface area contributed by atoms with Crippen LogP contribution in [0.3, 0.4) is 0 Å². The maximum atomic E-state index is 12.3. The monoisotopic (exact) mass is 356 g/mol. The molecule has 26 heavy (non-hydrogen) atoms. The molecule has 6 heteroatoms. The Balaban J connectivity index is 1.63. The quantitative estimate of drug-likeness (QED) is 0.827. The standard InChI is InChI=1S/C20H20O6/c1-13-17(21)18(26-20(23)15-10-6-3-7-11-15)16(25-13)12-24-19(22)14-8-4-2-5-9-14/h2-11,13,16-18,21H,12H2,1H3/t13-,16?,17+,18-/m1/s1. The number of hydrogen-bond acceptors (Lipinski definition) is 6. The molecular weight excluding hydrogens is 336 g/mol. The van der Waals surface area contributed by atoms with Crippen molar-refractivity contribution in [3.63, 3.8) is 0 Å². The van der Waals surface area contributed by atoms with Crippen molar-refractivity contribution in [2.24, 2.45) is 0 Å². The van der Waals surface area contributed by atoms with Crippen molar-refractivity contribution in [3.8, 4) is 0 Å². The van der Waals surface area contributed by atoms with Gasteiger partial charge in [-0.2, -0.15) is 0 Å². The van der Waals surface area contributed by atoms with E-state index in [1.807, 2.05) is 0 Å². The lowest BCUT2D eigenvalue weighted by atomic mass is 10.1. The number of carbonyl (C=O) groups is 2. The Morgan fingerprint density at radius 3 is 2.08 bits per heavy atom. The highest BCUT2D eigenvalue weighted by molar-refractivity contribution is 5.90. The number of hydrogen-bond donors (Lipinski definition) is 1. The van der Waals surface area contributed by atoms with Gasteiger partial charge in [-0.25, -0.2) is 9.59 Å². The second-order valence-electron chi connectivity index (χ2n) is 6.07. The van der Waals surface area contributed by atoms with Crippen LogP contribution in [0.15, 0.2) is 60.7 Å². The lowest BCUT2D eigenvalue weighted by Gasteiger charge is -2.20. The minimum absolute atomic E-state index is 0.123. The summed E-state index contributed by atoms with van der Waals surface area (Å²) in [5, 5.41) is 10.3. The van der Waals surface area contributed by atoms with Crippen molar-refractivity contribution >= 4 is 11.9 Å². The molecule has 1 N–H and O–H groups in total. The lowest BCUT2D eigenvalue weighted by Crippen LogP contribution is -2.38. The van der Waals surface area contributed by atoms with E-state index in [-0.39, 0.29) is 6.61 Å². The van der Waals surface area contributed by atoms with E-state index < -0.39 is 36.4 Å². The molecule has 0 bridgehead atoms. The van der Waals surface area contributed by atoms with Crippen molar-refractivity contribution in [1.29, 1.82) is 0 Å². The van der Waals surface area contributed by atoms with Crippen molar-refractivity contribution in [3.05, 3.63) is 71.8 Å². The second-order valence-corrected chi connectivity index (χ2v) is 6.07. The Kier molecular flexibility index (Phi) is 5.65. The third-order valence-corrected chi connectivity index (χ3v) is 4.21. The highest BCUT2D eigenvalue weighted by atomic mass is 16.6. The van der Waals surface area contributed by atoms with Gasteiger partial charge in [0.25, 0.3) is 0 Å². The van der Waals surface area contributed by atoms with E-state index in [1.54, 1.807) is 67.6 Å². The molecular formula is C20H20O6. The summed E-state index contributed by atoms with van der Waals surface area (Å²) in [7, 11) is 0. The van der Waals surface area contributed by atoms with Gasteiger partial charge in [-0.05, 0) is 31.2 Å². The van der Waals surface area contributed by atoms with Crippen molar-refractivity contribution in [1.82, 2.24) is 0 Å². The van der Waals surface area contributed by atoms with Gasteiger partial charge >= 0.3 is 11.9 Å². The zero-order chi connectivity index (χ0) is 18.5. The number of esters is 2. The minimum Gasteiger partial charge on any atom is -0.459 e. The summed E-state index contributed by atoms with van der Waals surface area (Å²) in [5.74, 6) is -1.07. The molecule has 0 aromatic heterocycles. The Morgan fingerprint density at radius 2 is 1.50 bits per heavy atom. The predicted octanol–water partition coefficient (Wildman–Crippen LogP) is 2.22. The third kappa shape index (κ3) is 4.09. The van der Waals surface area contributed by atoms with E-state index in [4.69, 9.17) is 14.2 Å². The first kappa shape index (κ1) is 18.1. The molecule has 0 saturated carbocycles. The van der Waals surface area contributed by atoms with Gasteiger partial charge in [-0.15, -0.1) is 0 Å². The molecule has 0 radical (unpaired) electrons. The van der Waals surface area contributed by atoms with Gasteiger partial charge in [0.1, 0.15) is 18.8 Å². The number of aliphatic hydroxyl groups is 1. The molecule has 2 aromatic rings. The summed E-state index contributed by atoms with van der Waals surface area (Å²) in [6.45, 7) is 1.55. The molecule has 0 amide bonds. The summed E-state index contributed by atoms with van der Waals surface area (Å²) in [5.41, 5.74) is 0.788. The van der Waals surface area contributed by atoms with Crippen LogP contribution in [0.1, 0.15) is 27.6 Å². The SMILES string of the molecule is C[C@H]1OC(COC(=O)c2ccccc2)[C@@H](OC(=O)c2ccccc2)[C@H]1O. The molecule has 1 fully saturated rings. The largest absolute Gasteiger partial charge is 0.459 e. The fourth-order valence-electron chi connectivity index (χ4n) is 2.78. The first-order valence-corrected chi connectivity index (χ1v) is 8.38. The Labute approximate surface area is 151 Å². The molecule has 3 rings (SSSR count). The van der Waals surface area contributed by atoms with E-state index in [9.17, 15) is 14.7 Å². The van der Waals surface area contributed by atoms with Crippen LogP contribution < -0.4 is 0 Å². The molecule has 136 valence electrons. The van der Waals surface area contributed by atoms with Crippen molar-refractivity contribution in [2.75, 3.05) is 6.61 Å². The van der Waals surface area contributed by atoms with E-state index in [1.165, 1.54) is 0 Å². The van der Waals surface area contributed by atoms with Gasteiger partial charge in [0, 0.05) is 0 Å². The van der Waals surface area contributed by atoms with Gasteiger partial charge in [0.15, 0.2) is 6.10 Å². The average Bonchev–Trinajstić information content (AvgIpc) is 2.95. The van der Waals surface area contributed by atoms with Crippen molar-refractivity contribution in [2.45, 2.75) is 31.3 Å². The lowest BCUT2D eigenvalue weighted by molar-refractivity contribution is -0.0418. The number of ether oxygens (including phenoxy) is 3. The molecule has 1 heterocycles. The van der Waals surface area contributed by atoms with Crippen LogP contribution in [-0.4, -0.2) is 48.1 Å². The number of benzene rings is 2. The van der Waals surface area contributed by atoms with Crippen LogP contribution in [0.2, 0.25) is 0 Å². The number of carbonyl (C=O) groups excluding carboxylic acids is 2. The van der Waals surface area contributed by atoms with Gasteiger partial charge < -0.3 is 19.3 Å². The van der Waals surface area contributed by atoms with Gasteiger partial charge in [0.2, 0.25) is 0 Å². The number of rotatable bonds is 5. The second kappa shape index (κ2) is 8.12. The molecule has 0 spiro atoms. The maximum absolute atomic E-state index is 12.3. The normalized spacial score (nSPS) is 24.8. The predicted molar refractivity (Wildman–Crippen MR) is 92.7 cm³/mol. The summed E-state index contributed by atoms with van der Waals surface area (Å²) >= 11 is 0. The van der Waals surface area contributed by atoms with Gasteiger partial charge in [-0.3, -0.25) is 0 Å². The first-order valence-electron chi connectivity index (χ1n) is 8.38. The zero-order valence-electron chi connectivity index (χ0n) is 14.3. The third-order valence-electron chi connectivity index (χ3n) is 4.21. The maximum Gasteiger partial charge on any atom is 0.338 e. The molecule has 1 unspecified atom stereocenters. The molecule has 2 aromatic carbocycles. The molecule has 4 atom stereocenters. The van der Waals surface area contributed by atoms with Crippen LogP contribution in [0, 0.1) is 0 Å². The zero-order valence-corrected chi connectivity index (χ0v) is 14.3. The molecule has 6 nitrogen and oxygen atoms in total. The first-order chi connectivity index (χ1) is 12.6. The molecule has 0 aliphatic carbocycles. The van der Waals surface area contributed by atoms with E-state index in [2.05, 4.69) is 0 Å². The van der Waals surface area contributed by atoms with E-state index in [0.29, 0.717) is 11.1 Å². The smallest absolute Gasteiger partial charge is 0.338 e. The summed E-state index contributed by atoms with van der Waals surface area (Å²) < 4.78 is 16.3. The van der Waals surface area contributed by atoms with Gasteiger partial charge in [-0.1, -0.05) is 36.4 Å². The van der Waals surface area contributed by atoms with Gasteiger partial charge in [0.05, 0.1) is 17.2 Å². The van der Waals surface area contributed by atoms with Crippen LogP contribution >= 0.6 is 0 Å². The topological polar surface area (TPSA) is 82.1 Å². The Hall–Kier alpha value is -2.70. The van der Waals surface area contributed by atoms with E-state index >= 15 is 0 Å². The minimum atomic E-state index is -0.997. The van der Waals surface area contributed by atoms with Crippen LogP contribution in [-0.2, 0) is 14.2 Å². The summed E-state index contributed by atoms with van der Waals surface area (Å²) in [6, 6.07) is 17.0. The average molecular weight is 356 g/mol. The molecule has 1 saturated heterocycles. The van der Waals surface area contributed by atoms with Crippen LogP contribution in [0.25, 0.3) is 0 Å². The fraction of sp³-hybridized carbons (Fsp3) is 0.300. The van der Waals surface area contributed by atoms with Crippen LogP contribution in [0.4, 0.5) is 0 Å². The number of aliphatic hydroxyl groups excluding tert-OH is 1. The van der Waals surface area contributed by atoms with Crippen molar-refractivity contribution < 1.29 is 28.9 Å².